The summed E-state index contributed by atoms with van der Waals surface area (Å²) in [6, 6.07) is 14.0. The van der Waals surface area contributed by atoms with Crippen LogP contribution in [0.5, 0.6) is 0 Å². The quantitative estimate of drug-likeness (QED) is 0.640. The summed E-state index contributed by atoms with van der Waals surface area (Å²) >= 11 is 0. The molecule has 0 unspecified atom stereocenters. The number of rotatable bonds is 4. The molecule has 35 heavy (non-hydrogen) atoms. The maximum absolute atomic E-state index is 13.4. The summed E-state index contributed by atoms with van der Waals surface area (Å²) in [6.45, 7) is 5.47. The standard InChI is InChI=1S/C28H35N3O4/c1-20-19-30(28(33)34)26-18-23(22-7-10-24(11-8-22)29-13-15-35-16-14-29)9-12-25(26)31(20)27(32)17-21-5-3-2-4-6-21/h7-12,18,20-21H,2-6,13-17,19H2,1H3,(H,33,34)/t20-/m0/s1. The Balaban J connectivity index is 1.42. The van der Waals surface area contributed by atoms with Crippen LogP contribution in [0.3, 0.4) is 0 Å². The van der Waals surface area contributed by atoms with Gasteiger partial charge in [0.05, 0.1) is 30.6 Å². The number of morpholine rings is 1. The van der Waals surface area contributed by atoms with Crippen LogP contribution in [-0.4, -0.2) is 56.0 Å². The summed E-state index contributed by atoms with van der Waals surface area (Å²) < 4.78 is 5.45. The van der Waals surface area contributed by atoms with E-state index in [-0.39, 0.29) is 18.5 Å². The Bertz CT molecular complexity index is 1060. The molecule has 1 aliphatic carbocycles. The van der Waals surface area contributed by atoms with Crippen LogP contribution in [-0.2, 0) is 9.53 Å². The van der Waals surface area contributed by atoms with Crippen molar-refractivity contribution in [2.75, 3.05) is 47.5 Å². The molecule has 2 fully saturated rings. The molecule has 2 aromatic rings. The molecule has 1 atom stereocenters. The van der Waals surface area contributed by atoms with E-state index in [0.29, 0.717) is 23.7 Å². The Labute approximate surface area is 207 Å². The van der Waals surface area contributed by atoms with Gasteiger partial charge in [-0.15, -0.1) is 0 Å². The van der Waals surface area contributed by atoms with E-state index < -0.39 is 6.09 Å². The Morgan fingerprint density at radius 3 is 2.31 bits per heavy atom. The smallest absolute Gasteiger partial charge is 0.411 e. The van der Waals surface area contributed by atoms with E-state index in [1.165, 1.54) is 24.2 Å². The highest BCUT2D eigenvalue weighted by Gasteiger charge is 2.35. The first-order valence-corrected chi connectivity index (χ1v) is 12.9. The lowest BCUT2D eigenvalue weighted by atomic mass is 9.86. The predicted octanol–water partition coefficient (Wildman–Crippen LogP) is 5.38. The molecular formula is C28H35N3O4. The fourth-order valence-corrected chi connectivity index (χ4v) is 5.79. The molecule has 186 valence electrons. The molecule has 1 N–H and O–H groups in total. The summed E-state index contributed by atoms with van der Waals surface area (Å²) in [5.74, 6) is 0.548. The lowest BCUT2D eigenvalue weighted by Crippen LogP contribution is -2.52. The van der Waals surface area contributed by atoms with E-state index in [4.69, 9.17) is 4.74 Å². The number of carboxylic acid groups (broad SMARTS) is 1. The molecule has 5 rings (SSSR count). The van der Waals surface area contributed by atoms with Crippen molar-refractivity contribution < 1.29 is 19.4 Å². The van der Waals surface area contributed by atoms with Gasteiger partial charge in [-0.1, -0.05) is 37.5 Å². The van der Waals surface area contributed by atoms with Crippen molar-refractivity contribution in [3.8, 4) is 11.1 Å². The number of hydrogen-bond acceptors (Lipinski definition) is 4. The molecular weight excluding hydrogens is 442 g/mol. The first-order chi connectivity index (χ1) is 17.0. The van der Waals surface area contributed by atoms with Crippen molar-refractivity contribution in [2.24, 2.45) is 5.92 Å². The highest BCUT2D eigenvalue weighted by Crippen LogP contribution is 2.40. The lowest BCUT2D eigenvalue weighted by Gasteiger charge is -2.41. The minimum Gasteiger partial charge on any atom is -0.465 e. The number of hydrogen-bond donors (Lipinski definition) is 1. The number of benzene rings is 2. The van der Waals surface area contributed by atoms with Crippen molar-refractivity contribution in [3.05, 3.63) is 42.5 Å². The van der Waals surface area contributed by atoms with Crippen LogP contribution in [0.2, 0.25) is 0 Å². The molecule has 2 heterocycles. The molecule has 1 saturated heterocycles. The van der Waals surface area contributed by atoms with Crippen molar-refractivity contribution in [1.82, 2.24) is 0 Å². The maximum atomic E-state index is 13.4. The predicted molar refractivity (Wildman–Crippen MR) is 138 cm³/mol. The number of anilines is 3. The van der Waals surface area contributed by atoms with Gasteiger partial charge in [0.1, 0.15) is 0 Å². The molecule has 2 amide bonds. The van der Waals surface area contributed by atoms with E-state index in [0.717, 1.165) is 56.0 Å². The van der Waals surface area contributed by atoms with Gasteiger partial charge in [0.2, 0.25) is 5.91 Å². The average Bonchev–Trinajstić information content (AvgIpc) is 2.89. The Kier molecular flexibility index (Phi) is 6.95. The third-order valence-corrected chi connectivity index (χ3v) is 7.68. The van der Waals surface area contributed by atoms with E-state index >= 15 is 0 Å². The first kappa shape index (κ1) is 23.7. The zero-order chi connectivity index (χ0) is 24.4. The molecule has 0 radical (unpaired) electrons. The summed E-state index contributed by atoms with van der Waals surface area (Å²) in [5, 5.41) is 9.94. The zero-order valence-corrected chi connectivity index (χ0v) is 20.5. The first-order valence-electron chi connectivity index (χ1n) is 12.9. The number of ether oxygens (including phenoxy) is 1. The molecule has 2 aromatic carbocycles. The van der Waals surface area contributed by atoms with Crippen molar-refractivity contribution in [3.63, 3.8) is 0 Å². The van der Waals surface area contributed by atoms with Gasteiger partial charge in [-0.25, -0.2) is 4.79 Å². The zero-order valence-electron chi connectivity index (χ0n) is 20.5. The molecule has 2 aliphatic heterocycles. The highest BCUT2D eigenvalue weighted by atomic mass is 16.5. The SMILES string of the molecule is C[C@H]1CN(C(=O)O)c2cc(-c3ccc(N4CCOCC4)cc3)ccc2N1C(=O)CC1CCCCC1. The fourth-order valence-electron chi connectivity index (χ4n) is 5.79. The van der Waals surface area contributed by atoms with Crippen LogP contribution in [0.15, 0.2) is 42.5 Å². The van der Waals surface area contributed by atoms with Gasteiger partial charge in [0.25, 0.3) is 0 Å². The lowest BCUT2D eigenvalue weighted by molar-refractivity contribution is -0.120. The molecule has 7 heteroatoms. The number of carbonyl (C=O) groups is 2. The normalized spacial score (nSPS) is 21.1. The number of amides is 2. The summed E-state index contributed by atoms with van der Waals surface area (Å²) in [4.78, 5) is 31.1. The summed E-state index contributed by atoms with van der Waals surface area (Å²) in [5.41, 5.74) is 4.41. The Morgan fingerprint density at radius 2 is 1.63 bits per heavy atom. The van der Waals surface area contributed by atoms with Crippen LogP contribution >= 0.6 is 0 Å². The van der Waals surface area contributed by atoms with Gasteiger partial charge in [0.15, 0.2) is 0 Å². The summed E-state index contributed by atoms with van der Waals surface area (Å²) in [6.07, 6.45) is 5.44. The van der Waals surface area contributed by atoms with Gasteiger partial charge in [0, 0.05) is 31.7 Å². The van der Waals surface area contributed by atoms with E-state index in [2.05, 4.69) is 29.2 Å². The topological polar surface area (TPSA) is 73.3 Å². The molecule has 7 nitrogen and oxygen atoms in total. The Morgan fingerprint density at radius 1 is 0.943 bits per heavy atom. The number of nitrogens with zero attached hydrogens (tertiary/aromatic N) is 3. The van der Waals surface area contributed by atoms with Gasteiger partial charge in [-0.05, 0) is 61.1 Å². The largest absolute Gasteiger partial charge is 0.465 e. The van der Waals surface area contributed by atoms with E-state index in [9.17, 15) is 14.7 Å². The number of fused-ring (bicyclic) bond motifs is 1. The van der Waals surface area contributed by atoms with E-state index in [1.54, 1.807) is 0 Å². The maximum Gasteiger partial charge on any atom is 0.411 e. The van der Waals surface area contributed by atoms with Crippen LogP contribution < -0.4 is 14.7 Å². The molecule has 0 bridgehead atoms. The number of carbonyl (C=O) groups excluding carboxylic acids is 1. The second-order valence-electron chi connectivity index (χ2n) is 10.1. The van der Waals surface area contributed by atoms with Gasteiger partial charge in [-0.2, -0.15) is 0 Å². The van der Waals surface area contributed by atoms with Crippen molar-refractivity contribution in [2.45, 2.75) is 51.5 Å². The fraction of sp³-hybridized carbons (Fsp3) is 0.500. The van der Waals surface area contributed by atoms with Gasteiger partial charge >= 0.3 is 6.09 Å². The van der Waals surface area contributed by atoms with Crippen molar-refractivity contribution >= 4 is 29.1 Å². The van der Waals surface area contributed by atoms with Crippen LogP contribution in [0.25, 0.3) is 11.1 Å². The molecule has 3 aliphatic rings. The Hall–Kier alpha value is -3.06. The van der Waals surface area contributed by atoms with Crippen LogP contribution in [0.1, 0.15) is 45.4 Å². The average molecular weight is 478 g/mol. The minimum atomic E-state index is -0.989. The second-order valence-corrected chi connectivity index (χ2v) is 10.1. The van der Waals surface area contributed by atoms with Crippen LogP contribution in [0.4, 0.5) is 21.9 Å². The molecule has 1 saturated carbocycles. The molecule has 0 spiro atoms. The third-order valence-electron chi connectivity index (χ3n) is 7.68. The second kappa shape index (κ2) is 10.3. The van der Waals surface area contributed by atoms with Gasteiger partial charge in [-0.3, -0.25) is 9.69 Å². The van der Waals surface area contributed by atoms with Gasteiger partial charge < -0.3 is 19.6 Å². The molecule has 0 aromatic heterocycles. The van der Waals surface area contributed by atoms with E-state index in [1.807, 2.05) is 30.0 Å². The minimum absolute atomic E-state index is 0.110. The van der Waals surface area contributed by atoms with Crippen molar-refractivity contribution in [1.29, 1.82) is 0 Å². The highest BCUT2D eigenvalue weighted by molar-refractivity contribution is 6.03. The third kappa shape index (κ3) is 5.01. The monoisotopic (exact) mass is 477 g/mol. The van der Waals surface area contributed by atoms with Crippen LogP contribution in [0, 0.1) is 5.92 Å². The summed E-state index contributed by atoms with van der Waals surface area (Å²) in [7, 11) is 0.